The second-order valence-electron chi connectivity index (χ2n) is 4.03. The topological polar surface area (TPSA) is 9.23 Å². The molecule has 2 heteroatoms. The molecular formula is C12H22OS. The van der Waals surface area contributed by atoms with Gasteiger partial charge in [-0.2, -0.15) is 11.8 Å². The Kier molecular flexibility index (Phi) is 5.46. The quantitative estimate of drug-likeness (QED) is 0.654. The van der Waals surface area contributed by atoms with Crippen LogP contribution < -0.4 is 0 Å². The Morgan fingerprint density at radius 2 is 2.14 bits per heavy atom. The van der Waals surface area contributed by atoms with Crippen LogP contribution in [0.2, 0.25) is 0 Å². The van der Waals surface area contributed by atoms with Crippen LogP contribution in [0.15, 0.2) is 12.8 Å². The molecular weight excluding hydrogens is 192 g/mol. The van der Waals surface area contributed by atoms with Gasteiger partial charge in [-0.25, -0.2) is 0 Å². The van der Waals surface area contributed by atoms with Gasteiger partial charge in [-0.05, 0) is 25.0 Å². The molecule has 0 aliphatic carbocycles. The molecule has 1 atom stereocenters. The lowest BCUT2D eigenvalue weighted by Crippen LogP contribution is -2.30. The van der Waals surface area contributed by atoms with Gasteiger partial charge in [0.15, 0.2) is 0 Å². The van der Waals surface area contributed by atoms with Crippen molar-refractivity contribution in [1.82, 2.24) is 0 Å². The summed E-state index contributed by atoms with van der Waals surface area (Å²) in [5.74, 6) is 1.30. The maximum atomic E-state index is 5.41. The summed E-state index contributed by atoms with van der Waals surface area (Å²) in [6, 6.07) is 0. The Balaban J connectivity index is 2.48. The molecule has 0 aromatic carbocycles. The van der Waals surface area contributed by atoms with E-state index in [4.69, 9.17) is 4.74 Å². The Morgan fingerprint density at radius 1 is 1.36 bits per heavy atom. The summed E-state index contributed by atoms with van der Waals surface area (Å²) in [5.41, 5.74) is 0. The molecule has 1 rings (SSSR count). The van der Waals surface area contributed by atoms with E-state index in [2.05, 4.69) is 25.3 Å². The van der Waals surface area contributed by atoms with E-state index in [1.807, 2.05) is 0 Å². The van der Waals surface area contributed by atoms with Gasteiger partial charge in [0.2, 0.25) is 0 Å². The molecule has 14 heavy (non-hydrogen) atoms. The molecule has 1 heterocycles. The lowest BCUT2D eigenvalue weighted by molar-refractivity contribution is 0.201. The van der Waals surface area contributed by atoms with Crippen molar-refractivity contribution in [2.75, 3.05) is 12.4 Å². The zero-order valence-corrected chi connectivity index (χ0v) is 10.1. The molecule has 1 aliphatic rings. The molecule has 1 nitrogen and oxygen atoms in total. The SMILES string of the molecule is C=COCC1(CC)CCCCCCS1. The number of hydrogen-bond acceptors (Lipinski definition) is 2. The minimum absolute atomic E-state index is 0.370. The first-order chi connectivity index (χ1) is 6.83. The third kappa shape index (κ3) is 3.56. The Hall–Kier alpha value is -0.110. The van der Waals surface area contributed by atoms with E-state index in [9.17, 15) is 0 Å². The lowest BCUT2D eigenvalue weighted by Gasteiger charge is -2.33. The zero-order chi connectivity index (χ0) is 10.3. The predicted molar refractivity (Wildman–Crippen MR) is 64.7 cm³/mol. The first kappa shape index (κ1) is 12.0. The summed E-state index contributed by atoms with van der Waals surface area (Å²) in [4.78, 5) is 0. The molecule has 1 unspecified atom stereocenters. The van der Waals surface area contributed by atoms with Crippen LogP contribution in [0, 0.1) is 0 Å². The number of thioether (sulfide) groups is 1. The summed E-state index contributed by atoms with van der Waals surface area (Å²) in [5, 5.41) is 0. The minimum atomic E-state index is 0.370. The minimum Gasteiger partial charge on any atom is -0.500 e. The Labute approximate surface area is 92.3 Å². The summed E-state index contributed by atoms with van der Waals surface area (Å²) in [7, 11) is 0. The maximum absolute atomic E-state index is 5.41. The second kappa shape index (κ2) is 6.39. The third-order valence-corrected chi connectivity index (χ3v) is 4.76. The van der Waals surface area contributed by atoms with Gasteiger partial charge in [0, 0.05) is 4.75 Å². The van der Waals surface area contributed by atoms with E-state index in [-0.39, 0.29) is 0 Å². The molecule has 0 radical (unpaired) electrons. The summed E-state index contributed by atoms with van der Waals surface area (Å²) >= 11 is 2.11. The highest BCUT2D eigenvalue weighted by atomic mass is 32.2. The van der Waals surface area contributed by atoms with Gasteiger partial charge in [0.05, 0.1) is 6.26 Å². The fourth-order valence-corrected chi connectivity index (χ4v) is 3.39. The van der Waals surface area contributed by atoms with Crippen molar-refractivity contribution < 1.29 is 4.74 Å². The number of rotatable bonds is 4. The highest BCUT2D eigenvalue weighted by molar-refractivity contribution is 8.00. The van der Waals surface area contributed by atoms with Gasteiger partial charge in [-0.3, -0.25) is 0 Å². The standard InChI is InChI=1S/C12H22OS/c1-3-12(11-13-4-2)9-7-5-6-8-10-14-12/h4H,2-3,5-11H2,1H3. The molecule has 1 aliphatic heterocycles. The Bertz CT molecular complexity index is 160. The van der Waals surface area contributed by atoms with Crippen LogP contribution in [-0.4, -0.2) is 17.1 Å². The average molecular weight is 214 g/mol. The number of hydrogen-bond donors (Lipinski definition) is 0. The largest absolute Gasteiger partial charge is 0.500 e. The van der Waals surface area contributed by atoms with Crippen molar-refractivity contribution in [1.29, 1.82) is 0 Å². The second-order valence-corrected chi connectivity index (χ2v) is 5.59. The number of ether oxygens (including phenoxy) is 1. The van der Waals surface area contributed by atoms with E-state index in [0.717, 1.165) is 6.61 Å². The van der Waals surface area contributed by atoms with Crippen LogP contribution in [-0.2, 0) is 4.74 Å². The van der Waals surface area contributed by atoms with Crippen LogP contribution in [0.4, 0.5) is 0 Å². The molecule has 82 valence electrons. The molecule has 0 saturated carbocycles. The fraction of sp³-hybridized carbons (Fsp3) is 0.833. The van der Waals surface area contributed by atoms with Crippen molar-refractivity contribution in [3.8, 4) is 0 Å². The first-order valence-corrected chi connectivity index (χ1v) is 6.68. The van der Waals surface area contributed by atoms with E-state index in [1.165, 1.54) is 44.3 Å². The van der Waals surface area contributed by atoms with Crippen molar-refractivity contribution in [2.45, 2.75) is 50.2 Å². The van der Waals surface area contributed by atoms with Crippen molar-refractivity contribution in [3.05, 3.63) is 12.8 Å². The summed E-state index contributed by atoms with van der Waals surface area (Å²) in [6.45, 7) is 6.74. The van der Waals surface area contributed by atoms with Crippen LogP contribution >= 0.6 is 11.8 Å². The van der Waals surface area contributed by atoms with E-state index < -0.39 is 0 Å². The van der Waals surface area contributed by atoms with Crippen LogP contribution in [0.25, 0.3) is 0 Å². The Morgan fingerprint density at radius 3 is 2.86 bits per heavy atom. The van der Waals surface area contributed by atoms with Crippen molar-refractivity contribution in [3.63, 3.8) is 0 Å². The normalized spacial score (nSPS) is 28.9. The average Bonchev–Trinajstić information content (AvgIpc) is 2.18. The highest BCUT2D eigenvalue weighted by Crippen LogP contribution is 2.37. The molecule has 0 N–H and O–H groups in total. The summed E-state index contributed by atoms with van der Waals surface area (Å²) < 4.78 is 5.78. The van der Waals surface area contributed by atoms with E-state index >= 15 is 0 Å². The molecule has 0 aromatic heterocycles. The fourth-order valence-electron chi connectivity index (χ4n) is 1.97. The maximum Gasteiger partial charge on any atom is 0.102 e. The van der Waals surface area contributed by atoms with Gasteiger partial charge in [-0.1, -0.05) is 32.8 Å². The van der Waals surface area contributed by atoms with Crippen LogP contribution in [0.3, 0.4) is 0 Å². The summed E-state index contributed by atoms with van der Waals surface area (Å²) in [6.07, 6.45) is 9.65. The lowest BCUT2D eigenvalue weighted by atomic mass is 9.97. The van der Waals surface area contributed by atoms with Gasteiger partial charge < -0.3 is 4.74 Å². The molecule has 1 fully saturated rings. The smallest absolute Gasteiger partial charge is 0.102 e. The van der Waals surface area contributed by atoms with Crippen LogP contribution in [0.5, 0.6) is 0 Å². The van der Waals surface area contributed by atoms with Gasteiger partial charge in [-0.15, -0.1) is 0 Å². The molecule has 0 bridgehead atoms. The van der Waals surface area contributed by atoms with E-state index in [1.54, 1.807) is 6.26 Å². The van der Waals surface area contributed by atoms with Gasteiger partial charge in [0.1, 0.15) is 6.61 Å². The molecule has 0 aromatic rings. The van der Waals surface area contributed by atoms with Crippen LogP contribution in [0.1, 0.15) is 45.4 Å². The highest BCUT2D eigenvalue weighted by Gasteiger charge is 2.29. The molecule has 0 amide bonds. The third-order valence-electron chi connectivity index (χ3n) is 3.04. The molecule has 1 saturated heterocycles. The predicted octanol–water partition coefficient (Wildman–Crippen LogP) is 3.99. The van der Waals surface area contributed by atoms with E-state index in [0.29, 0.717) is 4.75 Å². The monoisotopic (exact) mass is 214 g/mol. The van der Waals surface area contributed by atoms with Crippen molar-refractivity contribution >= 4 is 11.8 Å². The van der Waals surface area contributed by atoms with Crippen molar-refractivity contribution in [2.24, 2.45) is 0 Å². The van der Waals surface area contributed by atoms with Gasteiger partial charge >= 0.3 is 0 Å². The first-order valence-electron chi connectivity index (χ1n) is 5.69. The van der Waals surface area contributed by atoms with Gasteiger partial charge in [0.25, 0.3) is 0 Å². The molecule has 0 spiro atoms. The zero-order valence-electron chi connectivity index (χ0n) is 9.26.